The maximum Gasteiger partial charge on any atom is 0.228 e. The van der Waals surface area contributed by atoms with Crippen LogP contribution in [0.5, 0.6) is 5.75 Å². The number of ether oxygens (including phenoxy) is 1. The first-order valence-electron chi connectivity index (χ1n) is 10.6. The first-order chi connectivity index (χ1) is 14.6. The number of piperazine rings is 1. The molecule has 2 aliphatic rings. The van der Waals surface area contributed by atoms with Crippen LogP contribution in [0.15, 0.2) is 54.6 Å². The molecule has 0 aliphatic carbocycles. The zero-order chi connectivity index (χ0) is 20.9. The molecule has 6 nitrogen and oxygen atoms in total. The summed E-state index contributed by atoms with van der Waals surface area (Å²) in [5.74, 6) is 0.845. The molecule has 0 N–H and O–H groups in total. The molecular formula is C24H29N3O3. The Labute approximate surface area is 178 Å². The van der Waals surface area contributed by atoms with Crippen LogP contribution in [0.4, 0.5) is 5.69 Å². The van der Waals surface area contributed by atoms with Gasteiger partial charge >= 0.3 is 0 Å². The predicted octanol–water partition coefficient (Wildman–Crippen LogP) is 2.44. The van der Waals surface area contributed by atoms with Gasteiger partial charge in [0.05, 0.1) is 13.0 Å². The Morgan fingerprint density at radius 2 is 1.80 bits per heavy atom. The zero-order valence-corrected chi connectivity index (χ0v) is 17.5. The van der Waals surface area contributed by atoms with Gasteiger partial charge in [-0.05, 0) is 24.1 Å². The molecule has 2 heterocycles. The smallest absolute Gasteiger partial charge is 0.228 e. The number of hydrogen-bond donors (Lipinski definition) is 0. The number of carbonyl (C=O) groups is 2. The van der Waals surface area contributed by atoms with E-state index in [1.54, 1.807) is 7.11 Å². The molecule has 2 aromatic rings. The van der Waals surface area contributed by atoms with Crippen LogP contribution in [-0.2, 0) is 16.0 Å². The van der Waals surface area contributed by atoms with Crippen LogP contribution in [-0.4, -0.2) is 68.0 Å². The lowest BCUT2D eigenvalue weighted by Crippen LogP contribution is -2.50. The number of likely N-dealkylation sites (tertiary alicyclic amines) is 1. The molecule has 2 aromatic carbocycles. The van der Waals surface area contributed by atoms with Crippen molar-refractivity contribution in [1.82, 2.24) is 9.80 Å². The van der Waals surface area contributed by atoms with Gasteiger partial charge in [0.25, 0.3) is 0 Å². The molecule has 0 radical (unpaired) electrons. The summed E-state index contributed by atoms with van der Waals surface area (Å²) in [7, 11) is 1.67. The standard InChI is InChI=1S/C24H29N3O3/c1-30-22-9-5-8-21(17-22)25-12-14-26(15-13-25)24(29)20-16-23(28)27(18-20)11-10-19-6-3-2-4-7-19/h2-9,17,20H,10-16,18H2,1H3. The van der Waals surface area contributed by atoms with Crippen LogP contribution in [0.25, 0.3) is 0 Å². The monoisotopic (exact) mass is 407 g/mol. The van der Waals surface area contributed by atoms with Gasteiger partial charge in [-0.15, -0.1) is 0 Å². The average Bonchev–Trinajstić information content (AvgIpc) is 3.18. The third-order valence-electron chi connectivity index (χ3n) is 6.09. The van der Waals surface area contributed by atoms with Gasteiger partial charge in [0, 0.05) is 57.4 Å². The molecule has 4 rings (SSSR count). The van der Waals surface area contributed by atoms with Gasteiger partial charge in [-0.3, -0.25) is 9.59 Å². The first-order valence-corrected chi connectivity index (χ1v) is 10.6. The van der Waals surface area contributed by atoms with Crippen LogP contribution in [0.1, 0.15) is 12.0 Å². The second-order valence-corrected chi connectivity index (χ2v) is 7.99. The Bertz CT molecular complexity index is 878. The predicted molar refractivity (Wildman–Crippen MR) is 117 cm³/mol. The van der Waals surface area contributed by atoms with E-state index in [-0.39, 0.29) is 17.7 Å². The lowest BCUT2D eigenvalue weighted by Gasteiger charge is -2.37. The summed E-state index contributed by atoms with van der Waals surface area (Å²) in [5, 5.41) is 0. The highest BCUT2D eigenvalue weighted by Gasteiger charge is 2.37. The number of methoxy groups -OCH3 is 1. The van der Waals surface area contributed by atoms with Crippen LogP contribution >= 0.6 is 0 Å². The van der Waals surface area contributed by atoms with Gasteiger partial charge < -0.3 is 19.4 Å². The van der Waals surface area contributed by atoms with Crippen LogP contribution < -0.4 is 9.64 Å². The van der Waals surface area contributed by atoms with Gasteiger partial charge in [0.1, 0.15) is 5.75 Å². The van der Waals surface area contributed by atoms with Crippen molar-refractivity contribution in [2.24, 2.45) is 5.92 Å². The first kappa shape index (κ1) is 20.3. The molecule has 1 unspecified atom stereocenters. The number of hydrogen-bond acceptors (Lipinski definition) is 4. The fourth-order valence-electron chi connectivity index (χ4n) is 4.31. The van der Waals surface area contributed by atoms with Crippen molar-refractivity contribution in [3.8, 4) is 5.75 Å². The molecule has 2 aliphatic heterocycles. The Morgan fingerprint density at radius 3 is 2.53 bits per heavy atom. The lowest BCUT2D eigenvalue weighted by molar-refractivity contribution is -0.136. The molecule has 2 saturated heterocycles. The van der Waals surface area contributed by atoms with Crippen molar-refractivity contribution >= 4 is 17.5 Å². The molecule has 30 heavy (non-hydrogen) atoms. The van der Waals surface area contributed by atoms with E-state index in [1.807, 2.05) is 46.2 Å². The van der Waals surface area contributed by atoms with Crippen LogP contribution in [0, 0.1) is 5.92 Å². The lowest BCUT2D eigenvalue weighted by atomic mass is 10.1. The molecule has 2 amide bonds. The summed E-state index contributed by atoms with van der Waals surface area (Å²) in [5.41, 5.74) is 2.33. The van der Waals surface area contributed by atoms with E-state index >= 15 is 0 Å². The summed E-state index contributed by atoms with van der Waals surface area (Å²) < 4.78 is 5.31. The molecule has 0 saturated carbocycles. The largest absolute Gasteiger partial charge is 0.497 e. The van der Waals surface area contributed by atoms with E-state index < -0.39 is 0 Å². The Balaban J connectivity index is 1.28. The summed E-state index contributed by atoms with van der Waals surface area (Å²) in [6, 6.07) is 18.2. The number of rotatable bonds is 6. The Kier molecular flexibility index (Phi) is 6.21. The van der Waals surface area contributed by atoms with Crippen molar-refractivity contribution in [3.63, 3.8) is 0 Å². The molecule has 158 valence electrons. The van der Waals surface area contributed by atoms with E-state index in [9.17, 15) is 9.59 Å². The third kappa shape index (κ3) is 4.58. The van der Waals surface area contributed by atoms with E-state index in [2.05, 4.69) is 23.1 Å². The fourth-order valence-corrected chi connectivity index (χ4v) is 4.31. The van der Waals surface area contributed by atoms with E-state index in [0.717, 1.165) is 30.9 Å². The molecule has 6 heteroatoms. The number of benzene rings is 2. The summed E-state index contributed by atoms with van der Waals surface area (Å²) in [6.45, 7) is 4.17. The van der Waals surface area contributed by atoms with E-state index in [4.69, 9.17) is 4.74 Å². The molecule has 0 aromatic heterocycles. The number of anilines is 1. The minimum Gasteiger partial charge on any atom is -0.497 e. The number of amides is 2. The zero-order valence-electron chi connectivity index (χ0n) is 17.5. The van der Waals surface area contributed by atoms with Gasteiger partial charge in [-0.1, -0.05) is 36.4 Å². The Morgan fingerprint density at radius 1 is 1.03 bits per heavy atom. The number of carbonyl (C=O) groups excluding carboxylic acids is 2. The van der Waals surface area contributed by atoms with Gasteiger partial charge in [-0.2, -0.15) is 0 Å². The highest BCUT2D eigenvalue weighted by atomic mass is 16.5. The molecule has 0 spiro atoms. The van der Waals surface area contributed by atoms with Gasteiger partial charge in [0.2, 0.25) is 11.8 Å². The van der Waals surface area contributed by atoms with Crippen LogP contribution in [0.3, 0.4) is 0 Å². The van der Waals surface area contributed by atoms with Crippen molar-refractivity contribution in [1.29, 1.82) is 0 Å². The maximum atomic E-state index is 13.0. The summed E-state index contributed by atoms with van der Waals surface area (Å²) in [4.78, 5) is 31.5. The minimum atomic E-state index is -0.211. The topological polar surface area (TPSA) is 53.1 Å². The maximum absolute atomic E-state index is 13.0. The second-order valence-electron chi connectivity index (χ2n) is 7.99. The average molecular weight is 408 g/mol. The highest BCUT2D eigenvalue weighted by molar-refractivity contribution is 5.89. The minimum absolute atomic E-state index is 0.0966. The van der Waals surface area contributed by atoms with Crippen molar-refractivity contribution < 1.29 is 14.3 Å². The molecule has 2 fully saturated rings. The SMILES string of the molecule is COc1cccc(N2CCN(C(=O)C3CC(=O)N(CCc4ccccc4)C3)CC2)c1. The highest BCUT2D eigenvalue weighted by Crippen LogP contribution is 2.24. The normalized spacial score (nSPS) is 19.3. The molecule has 0 bridgehead atoms. The molecular weight excluding hydrogens is 378 g/mol. The van der Waals surface area contributed by atoms with E-state index in [0.29, 0.717) is 32.6 Å². The third-order valence-corrected chi connectivity index (χ3v) is 6.09. The summed E-state index contributed by atoms with van der Waals surface area (Å²) >= 11 is 0. The fraction of sp³-hybridized carbons (Fsp3) is 0.417. The quantitative estimate of drug-likeness (QED) is 0.738. The van der Waals surface area contributed by atoms with Gasteiger partial charge in [0.15, 0.2) is 0 Å². The second kappa shape index (κ2) is 9.20. The Hall–Kier alpha value is -3.02. The van der Waals surface area contributed by atoms with Gasteiger partial charge in [-0.25, -0.2) is 0 Å². The van der Waals surface area contributed by atoms with Crippen LogP contribution in [0.2, 0.25) is 0 Å². The van der Waals surface area contributed by atoms with Crippen molar-refractivity contribution in [2.45, 2.75) is 12.8 Å². The summed E-state index contributed by atoms with van der Waals surface area (Å²) in [6.07, 6.45) is 1.16. The number of nitrogens with zero attached hydrogens (tertiary/aromatic N) is 3. The molecule has 1 atom stereocenters. The van der Waals surface area contributed by atoms with E-state index in [1.165, 1.54) is 5.56 Å². The van der Waals surface area contributed by atoms with Crippen molar-refractivity contribution in [3.05, 3.63) is 60.2 Å². The van der Waals surface area contributed by atoms with Crippen molar-refractivity contribution in [2.75, 3.05) is 51.3 Å².